The summed E-state index contributed by atoms with van der Waals surface area (Å²) in [6.07, 6.45) is 1.63. The summed E-state index contributed by atoms with van der Waals surface area (Å²) >= 11 is 6.44. The van der Waals surface area contributed by atoms with Crippen molar-refractivity contribution in [2.24, 2.45) is 0 Å². The van der Waals surface area contributed by atoms with E-state index in [9.17, 15) is 19.6 Å². The van der Waals surface area contributed by atoms with E-state index < -0.39 is 5.97 Å². The Bertz CT molecular complexity index is 1180. The SMILES string of the molecule is CCOc1cc(/C=C(\C#N)c2ccc(F)cc2)cc(Cl)c1OCc1ccc(C(=O)[O-])cc1. The highest BCUT2D eigenvalue weighted by Gasteiger charge is 2.13. The summed E-state index contributed by atoms with van der Waals surface area (Å²) in [5.74, 6) is -0.910. The number of hydrogen-bond acceptors (Lipinski definition) is 5. The van der Waals surface area contributed by atoms with Gasteiger partial charge in [0.05, 0.1) is 29.2 Å². The number of aromatic carboxylic acids is 1. The van der Waals surface area contributed by atoms with Gasteiger partial charge in [-0.15, -0.1) is 0 Å². The Kier molecular flexibility index (Phi) is 7.48. The summed E-state index contributed by atoms with van der Waals surface area (Å²) < 4.78 is 24.7. The number of carbonyl (C=O) groups excluding carboxylic acids is 1. The van der Waals surface area contributed by atoms with Crippen molar-refractivity contribution in [2.75, 3.05) is 6.61 Å². The quantitative estimate of drug-likeness (QED) is 0.360. The van der Waals surface area contributed by atoms with E-state index in [1.807, 2.05) is 6.92 Å². The van der Waals surface area contributed by atoms with Crippen LogP contribution in [0.2, 0.25) is 5.02 Å². The predicted molar refractivity (Wildman–Crippen MR) is 118 cm³/mol. The van der Waals surface area contributed by atoms with Crippen LogP contribution in [0.4, 0.5) is 4.39 Å². The van der Waals surface area contributed by atoms with E-state index in [4.69, 9.17) is 21.1 Å². The molecule has 0 amide bonds. The molecule has 32 heavy (non-hydrogen) atoms. The van der Waals surface area contributed by atoms with Crippen molar-refractivity contribution in [3.8, 4) is 17.6 Å². The van der Waals surface area contributed by atoms with Gasteiger partial charge >= 0.3 is 0 Å². The smallest absolute Gasteiger partial charge is 0.180 e. The van der Waals surface area contributed by atoms with Crippen LogP contribution in [0, 0.1) is 17.1 Å². The highest BCUT2D eigenvalue weighted by molar-refractivity contribution is 6.32. The van der Waals surface area contributed by atoms with Crippen LogP contribution in [-0.4, -0.2) is 12.6 Å². The second-order valence-electron chi connectivity index (χ2n) is 6.71. The molecule has 0 bridgehead atoms. The van der Waals surface area contributed by atoms with Crippen LogP contribution in [0.1, 0.15) is 34.0 Å². The summed E-state index contributed by atoms with van der Waals surface area (Å²) in [5.41, 5.74) is 2.34. The number of carboxylic acids is 1. The predicted octanol–water partition coefficient (Wildman–Crippen LogP) is 4.88. The Morgan fingerprint density at radius 1 is 1.09 bits per heavy atom. The Balaban J connectivity index is 1.87. The Labute approximate surface area is 189 Å². The van der Waals surface area contributed by atoms with E-state index >= 15 is 0 Å². The van der Waals surface area contributed by atoms with Crippen molar-refractivity contribution < 1.29 is 23.8 Å². The van der Waals surface area contributed by atoms with Gasteiger partial charge in [0.25, 0.3) is 0 Å². The van der Waals surface area contributed by atoms with E-state index in [1.165, 1.54) is 36.4 Å². The van der Waals surface area contributed by atoms with Crippen molar-refractivity contribution in [2.45, 2.75) is 13.5 Å². The van der Waals surface area contributed by atoms with E-state index in [-0.39, 0.29) is 23.0 Å². The van der Waals surface area contributed by atoms with Gasteiger partial charge in [0.2, 0.25) is 0 Å². The lowest BCUT2D eigenvalue weighted by molar-refractivity contribution is -0.255. The monoisotopic (exact) mass is 450 g/mol. The lowest BCUT2D eigenvalue weighted by Crippen LogP contribution is -2.22. The molecule has 3 aromatic carbocycles. The number of carboxylic acid groups (broad SMARTS) is 1. The number of ether oxygens (including phenoxy) is 2. The minimum Gasteiger partial charge on any atom is -0.545 e. The summed E-state index contributed by atoms with van der Waals surface area (Å²) in [6, 6.07) is 17.2. The second-order valence-corrected chi connectivity index (χ2v) is 7.12. The molecule has 0 aliphatic heterocycles. The third-order valence-corrected chi connectivity index (χ3v) is 4.77. The molecule has 0 aliphatic carbocycles. The van der Waals surface area contributed by atoms with Crippen molar-refractivity contribution >= 4 is 29.2 Å². The van der Waals surface area contributed by atoms with Crippen molar-refractivity contribution in [3.05, 3.63) is 93.8 Å². The average molecular weight is 451 g/mol. The standard InChI is InChI=1S/C25H19ClFNO4/c1-2-31-23-13-17(11-20(14-28)18-7-9-21(27)10-8-18)12-22(26)24(23)32-15-16-3-5-19(6-4-16)25(29)30/h3-13H,2,15H2,1H3,(H,29,30)/p-1/b20-11+. The number of rotatable bonds is 8. The molecule has 0 atom stereocenters. The fourth-order valence-electron chi connectivity index (χ4n) is 2.94. The molecular weight excluding hydrogens is 433 g/mol. The van der Waals surface area contributed by atoms with Gasteiger partial charge in [0.15, 0.2) is 11.5 Å². The largest absolute Gasteiger partial charge is 0.545 e. The lowest BCUT2D eigenvalue weighted by Gasteiger charge is -2.15. The molecule has 3 rings (SSSR count). The highest BCUT2D eigenvalue weighted by atomic mass is 35.5. The molecule has 0 aromatic heterocycles. The van der Waals surface area contributed by atoms with E-state index in [0.29, 0.717) is 34.8 Å². The van der Waals surface area contributed by atoms with E-state index in [0.717, 1.165) is 5.56 Å². The summed E-state index contributed by atoms with van der Waals surface area (Å²) in [6.45, 7) is 2.32. The first-order chi connectivity index (χ1) is 15.4. The number of benzene rings is 3. The maximum atomic E-state index is 13.2. The number of nitriles is 1. The normalized spacial score (nSPS) is 11.0. The average Bonchev–Trinajstić information content (AvgIpc) is 2.78. The molecule has 0 fully saturated rings. The molecule has 0 radical (unpaired) electrons. The van der Waals surface area contributed by atoms with Gasteiger partial charge < -0.3 is 19.4 Å². The summed E-state index contributed by atoms with van der Waals surface area (Å²) in [5, 5.41) is 20.7. The fourth-order valence-corrected chi connectivity index (χ4v) is 3.22. The van der Waals surface area contributed by atoms with Crippen molar-refractivity contribution in [3.63, 3.8) is 0 Å². The third-order valence-electron chi connectivity index (χ3n) is 4.49. The van der Waals surface area contributed by atoms with Gasteiger partial charge in [-0.1, -0.05) is 48.0 Å². The van der Waals surface area contributed by atoms with Gasteiger partial charge in [0.1, 0.15) is 12.4 Å². The lowest BCUT2D eigenvalue weighted by atomic mass is 10.0. The minimum absolute atomic E-state index is 0.0763. The van der Waals surface area contributed by atoms with E-state index in [2.05, 4.69) is 6.07 Å². The van der Waals surface area contributed by atoms with Gasteiger partial charge in [-0.3, -0.25) is 0 Å². The van der Waals surface area contributed by atoms with Crippen LogP contribution in [0.3, 0.4) is 0 Å². The first kappa shape index (κ1) is 22.9. The summed E-state index contributed by atoms with van der Waals surface area (Å²) in [7, 11) is 0. The van der Waals surface area contributed by atoms with E-state index in [1.54, 1.807) is 30.3 Å². The molecule has 0 saturated carbocycles. The number of carbonyl (C=O) groups is 1. The molecule has 0 N–H and O–H groups in total. The Hall–Kier alpha value is -3.82. The van der Waals surface area contributed by atoms with Crippen molar-refractivity contribution in [1.82, 2.24) is 0 Å². The van der Waals surface area contributed by atoms with Crippen LogP contribution in [-0.2, 0) is 6.61 Å². The molecule has 7 heteroatoms. The highest BCUT2D eigenvalue weighted by Crippen LogP contribution is 2.38. The molecule has 0 aliphatic rings. The maximum absolute atomic E-state index is 13.2. The first-order valence-electron chi connectivity index (χ1n) is 9.68. The molecule has 3 aromatic rings. The topological polar surface area (TPSA) is 82.4 Å². The number of allylic oxidation sites excluding steroid dienone is 1. The number of halogens is 2. The zero-order valence-corrected chi connectivity index (χ0v) is 17.9. The maximum Gasteiger partial charge on any atom is 0.180 e. The summed E-state index contributed by atoms with van der Waals surface area (Å²) in [4.78, 5) is 10.9. The van der Waals surface area contributed by atoms with Crippen LogP contribution in [0.5, 0.6) is 11.5 Å². The second kappa shape index (κ2) is 10.5. The third kappa shape index (κ3) is 5.65. The number of nitrogens with zero attached hydrogens (tertiary/aromatic N) is 1. The molecular formula is C25H18ClFNO4-. The molecule has 5 nitrogen and oxygen atoms in total. The number of hydrogen-bond donors (Lipinski definition) is 0. The van der Waals surface area contributed by atoms with Gasteiger partial charge in [-0.05, 0) is 59.5 Å². The fraction of sp³-hybridized carbons (Fsp3) is 0.120. The zero-order valence-electron chi connectivity index (χ0n) is 17.1. The first-order valence-corrected chi connectivity index (χ1v) is 10.1. The molecule has 0 spiro atoms. The minimum atomic E-state index is -1.25. The van der Waals surface area contributed by atoms with Gasteiger partial charge in [0, 0.05) is 0 Å². The van der Waals surface area contributed by atoms with Crippen LogP contribution >= 0.6 is 11.6 Å². The molecule has 0 saturated heterocycles. The van der Waals surface area contributed by atoms with Crippen molar-refractivity contribution in [1.29, 1.82) is 5.26 Å². The van der Waals surface area contributed by atoms with Gasteiger partial charge in [-0.2, -0.15) is 5.26 Å². The van der Waals surface area contributed by atoms with Gasteiger partial charge in [-0.25, -0.2) is 4.39 Å². The van der Waals surface area contributed by atoms with Crippen LogP contribution in [0.25, 0.3) is 11.6 Å². The Morgan fingerprint density at radius 3 is 2.34 bits per heavy atom. The van der Waals surface area contributed by atoms with Crippen LogP contribution < -0.4 is 14.6 Å². The van der Waals surface area contributed by atoms with Crippen LogP contribution in [0.15, 0.2) is 60.7 Å². The Morgan fingerprint density at radius 2 is 1.75 bits per heavy atom. The molecule has 0 heterocycles. The molecule has 162 valence electrons. The molecule has 0 unspecified atom stereocenters. The zero-order chi connectivity index (χ0) is 23.1.